The Labute approximate surface area is 209 Å². The number of rotatable bonds is 4. The van der Waals surface area contributed by atoms with Crippen molar-refractivity contribution in [2.24, 2.45) is 7.05 Å². The third-order valence-electron chi connectivity index (χ3n) is 6.47. The summed E-state index contributed by atoms with van der Waals surface area (Å²) < 4.78 is 50.5. The minimum atomic E-state index is -4.64. The number of para-hydroxylation sites is 1. The van der Waals surface area contributed by atoms with Crippen molar-refractivity contribution in [1.29, 1.82) is 0 Å². The van der Waals surface area contributed by atoms with E-state index >= 15 is 0 Å². The second kappa shape index (κ2) is 8.32. The number of carbonyl (C=O) groups excluding carboxylic acids is 1. The van der Waals surface area contributed by atoms with Crippen LogP contribution in [0.5, 0.6) is 0 Å². The number of hydrogen-bond acceptors (Lipinski definition) is 5. The lowest BCUT2D eigenvalue weighted by atomic mass is 9.88. The van der Waals surface area contributed by atoms with E-state index in [1.807, 2.05) is 0 Å². The Bertz CT molecular complexity index is 1650. The Morgan fingerprint density at radius 1 is 1.14 bits per heavy atom. The molecule has 8 nitrogen and oxygen atoms in total. The van der Waals surface area contributed by atoms with Gasteiger partial charge in [-0.1, -0.05) is 6.07 Å². The molecule has 188 valence electrons. The maximum atomic E-state index is 13.9. The topological polar surface area (TPSA) is 82.0 Å². The van der Waals surface area contributed by atoms with E-state index in [0.717, 1.165) is 4.68 Å². The number of halogens is 3. The molecular formula is C26H21F3N6O2. The van der Waals surface area contributed by atoms with E-state index in [9.17, 15) is 18.0 Å². The molecule has 0 radical (unpaired) electrons. The van der Waals surface area contributed by atoms with Crippen LogP contribution in [0.3, 0.4) is 0 Å². The normalized spacial score (nSPS) is 14.0. The minimum absolute atomic E-state index is 0.0482. The highest BCUT2D eigenvalue weighted by atomic mass is 19.4. The fourth-order valence-corrected chi connectivity index (χ4v) is 4.97. The molecule has 0 bridgehead atoms. The van der Waals surface area contributed by atoms with Crippen LogP contribution in [-0.2, 0) is 26.2 Å². The number of amides is 1. The van der Waals surface area contributed by atoms with Crippen molar-refractivity contribution < 1.29 is 22.4 Å². The van der Waals surface area contributed by atoms with Gasteiger partial charge < -0.3 is 13.9 Å². The largest absolute Gasteiger partial charge is 0.439 e. The number of benzene rings is 2. The van der Waals surface area contributed by atoms with E-state index in [1.54, 1.807) is 65.4 Å². The number of imidazole rings is 1. The summed E-state index contributed by atoms with van der Waals surface area (Å²) in [7, 11) is 1.45. The predicted molar refractivity (Wildman–Crippen MR) is 129 cm³/mol. The number of aromatic nitrogens is 5. The zero-order valence-electron chi connectivity index (χ0n) is 20.0. The maximum absolute atomic E-state index is 13.9. The first-order valence-electron chi connectivity index (χ1n) is 11.6. The van der Waals surface area contributed by atoms with Crippen LogP contribution in [0.2, 0.25) is 0 Å². The van der Waals surface area contributed by atoms with Gasteiger partial charge in [-0.25, -0.2) is 9.97 Å². The number of nitrogens with zero attached hydrogens (tertiary/aromatic N) is 6. The van der Waals surface area contributed by atoms with Crippen molar-refractivity contribution in [2.75, 3.05) is 11.4 Å². The van der Waals surface area contributed by atoms with E-state index < -0.39 is 11.9 Å². The van der Waals surface area contributed by atoms with Gasteiger partial charge in [0.25, 0.3) is 5.91 Å². The molecule has 4 heterocycles. The van der Waals surface area contributed by atoms with Crippen molar-refractivity contribution in [3.8, 4) is 11.1 Å². The van der Waals surface area contributed by atoms with Crippen LogP contribution in [0.15, 0.2) is 59.7 Å². The zero-order valence-corrected chi connectivity index (χ0v) is 20.0. The van der Waals surface area contributed by atoms with Crippen LogP contribution < -0.4 is 4.90 Å². The average Bonchev–Trinajstić information content (AvgIpc) is 3.58. The molecular weight excluding hydrogens is 485 g/mol. The van der Waals surface area contributed by atoms with Crippen LogP contribution in [0.25, 0.3) is 22.2 Å². The number of fused-ring (bicyclic) bond motifs is 2. The molecule has 37 heavy (non-hydrogen) atoms. The summed E-state index contributed by atoms with van der Waals surface area (Å²) in [4.78, 5) is 23.9. The molecule has 0 saturated carbocycles. The van der Waals surface area contributed by atoms with E-state index in [0.29, 0.717) is 57.9 Å². The summed E-state index contributed by atoms with van der Waals surface area (Å²) >= 11 is 0. The molecule has 1 aliphatic heterocycles. The molecule has 0 N–H and O–H groups in total. The fourth-order valence-electron chi connectivity index (χ4n) is 4.97. The first-order valence-corrected chi connectivity index (χ1v) is 11.6. The first-order chi connectivity index (χ1) is 17.7. The van der Waals surface area contributed by atoms with Gasteiger partial charge in [0.05, 0.1) is 12.0 Å². The molecule has 5 aromatic rings. The second-order valence-corrected chi connectivity index (χ2v) is 9.03. The molecule has 3 aromatic heterocycles. The summed E-state index contributed by atoms with van der Waals surface area (Å²) in [5, 5.41) is 3.69. The number of hydrogen-bond donors (Lipinski definition) is 0. The molecule has 6 rings (SSSR count). The predicted octanol–water partition coefficient (Wildman–Crippen LogP) is 5.00. The number of anilines is 1. The average molecular weight is 506 g/mol. The lowest BCUT2D eigenvalue weighted by molar-refractivity contribution is -0.140. The molecule has 0 saturated heterocycles. The summed E-state index contributed by atoms with van der Waals surface area (Å²) in [5.41, 5.74) is 2.63. The number of carbonyl (C=O) groups is 1. The molecule has 0 fully saturated rings. The van der Waals surface area contributed by atoms with Crippen molar-refractivity contribution in [3.63, 3.8) is 0 Å². The van der Waals surface area contributed by atoms with Gasteiger partial charge in [-0.2, -0.15) is 18.3 Å². The van der Waals surface area contributed by atoms with Gasteiger partial charge in [-0.15, -0.1) is 0 Å². The van der Waals surface area contributed by atoms with E-state index in [4.69, 9.17) is 4.42 Å². The Morgan fingerprint density at radius 3 is 2.70 bits per heavy atom. The maximum Gasteiger partial charge on any atom is 0.435 e. The third kappa shape index (κ3) is 3.96. The molecule has 11 heteroatoms. The van der Waals surface area contributed by atoms with Crippen molar-refractivity contribution >= 4 is 22.7 Å². The zero-order chi connectivity index (χ0) is 25.9. The molecule has 1 amide bonds. The lowest BCUT2D eigenvalue weighted by Gasteiger charge is -2.30. The van der Waals surface area contributed by atoms with Gasteiger partial charge in [0.15, 0.2) is 17.2 Å². The van der Waals surface area contributed by atoms with Gasteiger partial charge in [0.1, 0.15) is 5.52 Å². The molecule has 0 unspecified atom stereocenters. The molecule has 2 aromatic carbocycles. The second-order valence-electron chi connectivity index (χ2n) is 9.03. The highest BCUT2D eigenvalue weighted by Crippen LogP contribution is 2.41. The van der Waals surface area contributed by atoms with Crippen LogP contribution in [0.1, 0.15) is 33.1 Å². The molecule has 0 aliphatic carbocycles. The highest BCUT2D eigenvalue weighted by Gasteiger charge is 2.39. The number of oxazole rings is 1. The Balaban J connectivity index is 1.52. The molecule has 0 atom stereocenters. The van der Waals surface area contributed by atoms with Crippen LogP contribution in [0.4, 0.5) is 18.9 Å². The Kier molecular flexibility index (Phi) is 5.18. The minimum Gasteiger partial charge on any atom is -0.439 e. The number of alkyl halides is 3. The standard InChI is InChI=1S/C26H21F3N6O2/c1-15-31-21-4-3-5-22(23(21)37-15)35-8-6-17-18(20-13-33(2)32-24(20)26(27,28)29)10-16(11-19(17)25(35)36)12-34-9-7-30-14-34/h3-5,7,9-11,13-14H,6,8,12H2,1-2H3. The van der Waals surface area contributed by atoms with Gasteiger partial charge in [-0.05, 0) is 47.4 Å². The van der Waals surface area contributed by atoms with Crippen LogP contribution >= 0.6 is 0 Å². The highest BCUT2D eigenvalue weighted by molar-refractivity contribution is 6.12. The van der Waals surface area contributed by atoms with E-state index in [2.05, 4.69) is 15.1 Å². The van der Waals surface area contributed by atoms with Gasteiger partial charge in [-0.3, -0.25) is 9.48 Å². The van der Waals surface area contributed by atoms with Crippen molar-refractivity contribution in [2.45, 2.75) is 26.1 Å². The van der Waals surface area contributed by atoms with Gasteiger partial charge in [0, 0.05) is 56.8 Å². The first kappa shape index (κ1) is 23.0. The summed E-state index contributed by atoms with van der Waals surface area (Å²) in [5.74, 6) is 0.169. The molecule has 0 spiro atoms. The quantitative estimate of drug-likeness (QED) is 0.343. The lowest BCUT2D eigenvalue weighted by Crippen LogP contribution is -2.38. The fraction of sp³-hybridized carbons (Fsp3) is 0.231. The summed E-state index contributed by atoms with van der Waals surface area (Å²) in [6.07, 6.45) is 2.06. The van der Waals surface area contributed by atoms with E-state index in [1.165, 1.54) is 13.2 Å². The molecule has 1 aliphatic rings. The Morgan fingerprint density at radius 2 is 1.95 bits per heavy atom. The monoisotopic (exact) mass is 506 g/mol. The summed E-state index contributed by atoms with van der Waals surface area (Å²) in [6, 6.07) is 8.86. The third-order valence-corrected chi connectivity index (χ3v) is 6.47. The van der Waals surface area contributed by atoms with Crippen LogP contribution in [0, 0.1) is 6.92 Å². The van der Waals surface area contributed by atoms with Crippen LogP contribution in [-0.4, -0.2) is 36.8 Å². The smallest absolute Gasteiger partial charge is 0.435 e. The Hall–Kier alpha value is -4.41. The van der Waals surface area contributed by atoms with E-state index in [-0.39, 0.29) is 18.0 Å². The van der Waals surface area contributed by atoms with Crippen molar-refractivity contribution in [1.82, 2.24) is 24.3 Å². The number of aryl methyl sites for hydroxylation is 2. The van der Waals surface area contributed by atoms with Gasteiger partial charge in [0.2, 0.25) is 0 Å². The van der Waals surface area contributed by atoms with Crippen molar-refractivity contribution in [3.05, 3.63) is 83.5 Å². The van der Waals surface area contributed by atoms with Gasteiger partial charge >= 0.3 is 6.18 Å². The summed E-state index contributed by atoms with van der Waals surface area (Å²) in [6.45, 7) is 2.35. The SMILES string of the molecule is Cc1nc2cccc(N3CCc4c(cc(Cn5ccnc5)cc4-c4cn(C)nc4C(F)(F)F)C3=O)c2o1.